The first-order chi connectivity index (χ1) is 14.0. The Labute approximate surface area is 170 Å². The molecule has 5 heteroatoms. The van der Waals surface area contributed by atoms with E-state index in [1.54, 1.807) is 29.2 Å². The molecule has 0 aliphatic rings. The van der Waals surface area contributed by atoms with Gasteiger partial charge in [-0.2, -0.15) is 0 Å². The first kappa shape index (κ1) is 20.1. The number of ether oxygens (including phenoxy) is 1. The van der Waals surface area contributed by atoms with E-state index in [4.69, 9.17) is 4.74 Å². The van der Waals surface area contributed by atoms with Crippen LogP contribution in [0.5, 0.6) is 11.5 Å². The molecule has 0 atom stereocenters. The molecule has 29 heavy (non-hydrogen) atoms. The minimum absolute atomic E-state index is 0.218. The second-order valence-electron chi connectivity index (χ2n) is 6.64. The van der Waals surface area contributed by atoms with Gasteiger partial charge in [-0.3, -0.25) is 9.59 Å². The fraction of sp³-hybridized carbons (Fsp3) is 0.167. The second-order valence-corrected chi connectivity index (χ2v) is 6.64. The predicted octanol–water partition coefficient (Wildman–Crippen LogP) is 5.17. The number of carbonyl (C=O) groups excluding carboxylic acids is 2. The van der Waals surface area contributed by atoms with Gasteiger partial charge in [0.15, 0.2) is 0 Å². The number of nitrogens with one attached hydrogen (secondary N) is 1. The molecule has 0 radical (unpaired) electrons. The zero-order valence-corrected chi connectivity index (χ0v) is 16.6. The molecule has 5 nitrogen and oxygen atoms in total. The SMILES string of the molecule is CCN(C(=O)CC(=O)Nc1ccc(Oc2ccccc2)cc1)c1cccc(C)c1. The molecule has 3 rings (SSSR count). The van der Waals surface area contributed by atoms with Crippen molar-refractivity contribution in [3.8, 4) is 11.5 Å². The summed E-state index contributed by atoms with van der Waals surface area (Å²) in [4.78, 5) is 26.5. The van der Waals surface area contributed by atoms with Gasteiger partial charge in [-0.25, -0.2) is 0 Å². The zero-order valence-electron chi connectivity index (χ0n) is 16.6. The van der Waals surface area contributed by atoms with Crippen molar-refractivity contribution in [2.75, 3.05) is 16.8 Å². The molecule has 148 valence electrons. The van der Waals surface area contributed by atoms with E-state index in [1.807, 2.05) is 68.4 Å². The van der Waals surface area contributed by atoms with E-state index in [9.17, 15) is 9.59 Å². The molecule has 0 aliphatic carbocycles. The normalized spacial score (nSPS) is 10.3. The first-order valence-electron chi connectivity index (χ1n) is 9.55. The Hall–Kier alpha value is -3.60. The van der Waals surface area contributed by atoms with Gasteiger partial charge in [0, 0.05) is 17.9 Å². The Bertz CT molecular complexity index is 969. The average molecular weight is 388 g/mol. The molecule has 0 aliphatic heterocycles. The molecule has 0 aromatic heterocycles. The zero-order chi connectivity index (χ0) is 20.6. The summed E-state index contributed by atoms with van der Waals surface area (Å²) in [5.41, 5.74) is 2.48. The molecule has 1 N–H and O–H groups in total. The lowest BCUT2D eigenvalue weighted by Crippen LogP contribution is -2.33. The predicted molar refractivity (Wildman–Crippen MR) is 115 cm³/mol. The molecule has 3 aromatic rings. The van der Waals surface area contributed by atoms with Crippen molar-refractivity contribution in [2.45, 2.75) is 20.3 Å². The number of benzene rings is 3. The van der Waals surface area contributed by atoms with Crippen LogP contribution in [0, 0.1) is 6.92 Å². The van der Waals surface area contributed by atoms with E-state index in [2.05, 4.69) is 5.32 Å². The van der Waals surface area contributed by atoms with Crippen molar-refractivity contribution in [3.63, 3.8) is 0 Å². The number of rotatable bonds is 7. The van der Waals surface area contributed by atoms with Crippen LogP contribution in [0.3, 0.4) is 0 Å². The summed E-state index contributed by atoms with van der Waals surface area (Å²) >= 11 is 0. The van der Waals surface area contributed by atoms with E-state index in [0.717, 1.165) is 17.0 Å². The van der Waals surface area contributed by atoms with Gasteiger partial charge < -0.3 is 15.0 Å². The Kier molecular flexibility index (Phi) is 6.63. The van der Waals surface area contributed by atoms with E-state index in [0.29, 0.717) is 18.0 Å². The standard InChI is InChI=1S/C24H24N2O3/c1-3-26(20-9-7-8-18(2)16-20)24(28)17-23(27)25-19-12-14-22(15-13-19)29-21-10-5-4-6-11-21/h4-16H,3,17H2,1-2H3,(H,25,27). The highest BCUT2D eigenvalue weighted by molar-refractivity contribution is 6.09. The fourth-order valence-corrected chi connectivity index (χ4v) is 2.97. The highest BCUT2D eigenvalue weighted by Crippen LogP contribution is 2.23. The van der Waals surface area contributed by atoms with Crippen molar-refractivity contribution in [1.82, 2.24) is 0 Å². The number of aryl methyl sites for hydroxylation is 1. The lowest BCUT2D eigenvalue weighted by Gasteiger charge is -2.21. The summed E-state index contributed by atoms with van der Waals surface area (Å²) in [6.07, 6.45) is -0.218. The molecular weight excluding hydrogens is 364 g/mol. The lowest BCUT2D eigenvalue weighted by molar-refractivity contribution is -0.125. The van der Waals surface area contributed by atoms with Crippen LogP contribution in [0.4, 0.5) is 11.4 Å². The maximum absolute atomic E-state index is 12.6. The number of hydrogen-bond acceptors (Lipinski definition) is 3. The maximum atomic E-state index is 12.6. The van der Waals surface area contributed by atoms with Gasteiger partial charge in [0.05, 0.1) is 0 Å². The Morgan fingerprint density at radius 2 is 1.59 bits per heavy atom. The minimum atomic E-state index is -0.349. The Balaban J connectivity index is 1.57. The lowest BCUT2D eigenvalue weighted by atomic mass is 10.2. The molecular formula is C24H24N2O3. The largest absolute Gasteiger partial charge is 0.457 e. The Morgan fingerprint density at radius 1 is 0.897 bits per heavy atom. The number of amides is 2. The number of hydrogen-bond donors (Lipinski definition) is 1. The monoisotopic (exact) mass is 388 g/mol. The van der Waals surface area contributed by atoms with Gasteiger partial charge in [-0.15, -0.1) is 0 Å². The Morgan fingerprint density at radius 3 is 2.24 bits per heavy atom. The third-order valence-electron chi connectivity index (χ3n) is 4.36. The van der Waals surface area contributed by atoms with Crippen molar-refractivity contribution < 1.29 is 14.3 Å². The topological polar surface area (TPSA) is 58.6 Å². The van der Waals surface area contributed by atoms with Crippen LogP contribution in [0.15, 0.2) is 78.9 Å². The van der Waals surface area contributed by atoms with Crippen molar-refractivity contribution >= 4 is 23.2 Å². The van der Waals surface area contributed by atoms with Gasteiger partial charge in [-0.05, 0) is 67.9 Å². The molecule has 0 unspecified atom stereocenters. The number of anilines is 2. The average Bonchev–Trinajstić information content (AvgIpc) is 2.71. The molecule has 0 saturated heterocycles. The molecule has 0 saturated carbocycles. The summed E-state index contributed by atoms with van der Waals surface area (Å²) in [5, 5.41) is 2.76. The third kappa shape index (κ3) is 5.69. The van der Waals surface area contributed by atoms with E-state index in [-0.39, 0.29) is 18.2 Å². The van der Waals surface area contributed by atoms with Crippen LogP contribution in [0.25, 0.3) is 0 Å². The van der Waals surface area contributed by atoms with E-state index >= 15 is 0 Å². The van der Waals surface area contributed by atoms with Gasteiger partial charge in [0.1, 0.15) is 17.9 Å². The molecule has 0 heterocycles. The number of nitrogens with zero attached hydrogens (tertiary/aromatic N) is 1. The van der Waals surface area contributed by atoms with Crippen LogP contribution in [-0.4, -0.2) is 18.4 Å². The highest BCUT2D eigenvalue weighted by Gasteiger charge is 2.18. The minimum Gasteiger partial charge on any atom is -0.457 e. The van der Waals surface area contributed by atoms with Gasteiger partial charge >= 0.3 is 0 Å². The summed E-state index contributed by atoms with van der Waals surface area (Å²) in [5.74, 6) is 0.824. The number of para-hydroxylation sites is 1. The molecule has 0 bridgehead atoms. The fourth-order valence-electron chi connectivity index (χ4n) is 2.97. The quantitative estimate of drug-likeness (QED) is 0.568. The van der Waals surface area contributed by atoms with Gasteiger partial charge in [0.25, 0.3) is 0 Å². The maximum Gasteiger partial charge on any atom is 0.236 e. The molecule has 3 aromatic carbocycles. The van der Waals surface area contributed by atoms with Gasteiger partial charge in [-0.1, -0.05) is 30.3 Å². The summed E-state index contributed by atoms with van der Waals surface area (Å²) < 4.78 is 5.73. The van der Waals surface area contributed by atoms with E-state index in [1.165, 1.54) is 0 Å². The summed E-state index contributed by atoms with van der Waals surface area (Å²) in [6, 6.07) is 24.2. The van der Waals surface area contributed by atoms with Gasteiger partial charge in [0.2, 0.25) is 11.8 Å². The number of carbonyl (C=O) groups is 2. The third-order valence-corrected chi connectivity index (χ3v) is 4.36. The van der Waals surface area contributed by atoms with Crippen LogP contribution < -0.4 is 15.0 Å². The van der Waals surface area contributed by atoms with E-state index < -0.39 is 0 Å². The summed E-state index contributed by atoms with van der Waals surface area (Å²) in [7, 11) is 0. The van der Waals surface area contributed by atoms with Crippen molar-refractivity contribution in [1.29, 1.82) is 0 Å². The van der Waals surface area contributed by atoms with Crippen LogP contribution in [0.1, 0.15) is 18.9 Å². The van der Waals surface area contributed by atoms with Crippen LogP contribution >= 0.6 is 0 Å². The smallest absolute Gasteiger partial charge is 0.236 e. The van der Waals surface area contributed by atoms with Crippen molar-refractivity contribution in [2.24, 2.45) is 0 Å². The van der Waals surface area contributed by atoms with Crippen molar-refractivity contribution in [3.05, 3.63) is 84.4 Å². The highest BCUT2D eigenvalue weighted by atomic mass is 16.5. The summed E-state index contributed by atoms with van der Waals surface area (Å²) in [6.45, 7) is 4.37. The molecule has 0 fully saturated rings. The second kappa shape index (κ2) is 9.55. The van der Waals surface area contributed by atoms with Crippen LogP contribution in [0.2, 0.25) is 0 Å². The molecule has 0 spiro atoms. The first-order valence-corrected chi connectivity index (χ1v) is 9.55. The van der Waals surface area contributed by atoms with Crippen LogP contribution in [-0.2, 0) is 9.59 Å². The molecule has 2 amide bonds.